The number of ether oxygens (including phenoxy) is 3. The fraction of sp³-hybridized carbons (Fsp3) is 0.409. The molecule has 164 valence electrons. The molecule has 0 radical (unpaired) electrons. The number of hydrogen-bond acceptors (Lipinski definition) is 6. The number of aromatic amines is 1. The SMILES string of the molecule is COc1cc(CC(=O)N2CCC(c3cc(=O)n4[nH]c(C)cc4n3)C2)cc(OC)c1OC. The standard InChI is InChI=1S/C22H26N4O5/c1-13-7-19-23-16(11-21(28)26(19)24-13)15-5-6-25(12-15)20(27)10-14-8-17(29-2)22(31-4)18(9-14)30-3/h7-9,11,15,24H,5-6,10,12H2,1-4H3. The average Bonchev–Trinajstić information content (AvgIpc) is 3.39. The molecule has 1 amide bonds. The van der Waals surface area contributed by atoms with Gasteiger partial charge in [-0.05, 0) is 31.0 Å². The topological polar surface area (TPSA) is 98.2 Å². The Morgan fingerprint density at radius 3 is 2.48 bits per heavy atom. The van der Waals surface area contributed by atoms with Gasteiger partial charge in [0.2, 0.25) is 11.7 Å². The van der Waals surface area contributed by atoms with Gasteiger partial charge in [-0.2, -0.15) is 0 Å². The Bertz CT molecular complexity index is 1160. The highest BCUT2D eigenvalue weighted by atomic mass is 16.5. The summed E-state index contributed by atoms with van der Waals surface area (Å²) < 4.78 is 17.5. The normalized spacial score (nSPS) is 16.0. The van der Waals surface area contributed by atoms with E-state index >= 15 is 0 Å². The zero-order valence-corrected chi connectivity index (χ0v) is 18.1. The fourth-order valence-corrected chi connectivity index (χ4v) is 4.09. The van der Waals surface area contributed by atoms with Crippen LogP contribution in [0.1, 0.15) is 29.3 Å². The van der Waals surface area contributed by atoms with Gasteiger partial charge in [0.1, 0.15) is 0 Å². The van der Waals surface area contributed by atoms with Gasteiger partial charge < -0.3 is 19.1 Å². The Hall–Kier alpha value is -3.49. The van der Waals surface area contributed by atoms with E-state index in [0.29, 0.717) is 36.0 Å². The molecule has 1 fully saturated rings. The zero-order chi connectivity index (χ0) is 22.1. The van der Waals surface area contributed by atoms with Crippen molar-refractivity contribution in [2.24, 2.45) is 0 Å². The van der Waals surface area contributed by atoms with Gasteiger partial charge in [0.15, 0.2) is 17.1 Å². The van der Waals surface area contributed by atoms with Crippen molar-refractivity contribution < 1.29 is 19.0 Å². The first-order chi connectivity index (χ1) is 14.9. The molecule has 0 saturated carbocycles. The molecule has 3 aromatic rings. The maximum absolute atomic E-state index is 12.9. The number of carbonyl (C=O) groups is 1. The number of hydrogen-bond donors (Lipinski definition) is 1. The number of nitrogens with zero attached hydrogens (tertiary/aromatic N) is 3. The maximum Gasteiger partial charge on any atom is 0.272 e. The summed E-state index contributed by atoms with van der Waals surface area (Å²) >= 11 is 0. The van der Waals surface area contributed by atoms with Crippen molar-refractivity contribution in [2.75, 3.05) is 34.4 Å². The van der Waals surface area contributed by atoms with E-state index in [1.54, 1.807) is 39.5 Å². The summed E-state index contributed by atoms with van der Waals surface area (Å²) in [5.41, 5.74) is 2.84. The second kappa shape index (κ2) is 8.33. The first-order valence-corrected chi connectivity index (χ1v) is 10.1. The Morgan fingerprint density at radius 2 is 1.84 bits per heavy atom. The molecule has 1 aromatic carbocycles. The quantitative estimate of drug-likeness (QED) is 0.647. The first-order valence-electron chi connectivity index (χ1n) is 10.1. The summed E-state index contributed by atoms with van der Waals surface area (Å²) in [5.74, 6) is 1.58. The first kappa shape index (κ1) is 20.8. The van der Waals surface area contributed by atoms with Crippen molar-refractivity contribution >= 4 is 11.6 Å². The minimum absolute atomic E-state index is 0.00654. The van der Waals surface area contributed by atoms with E-state index in [9.17, 15) is 9.59 Å². The molecule has 0 bridgehead atoms. The van der Waals surface area contributed by atoms with E-state index in [4.69, 9.17) is 14.2 Å². The maximum atomic E-state index is 12.9. The zero-order valence-electron chi connectivity index (χ0n) is 18.1. The molecule has 9 heteroatoms. The van der Waals surface area contributed by atoms with Crippen LogP contribution < -0.4 is 19.8 Å². The largest absolute Gasteiger partial charge is 0.493 e. The number of likely N-dealkylation sites (tertiary alicyclic amines) is 1. The van der Waals surface area contributed by atoms with Gasteiger partial charge >= 0.3 is 0 Å². The lowest BCUT2D eigenvalue weighted by atomic mass is 10.0. The van der Waals surface area contributed by atoms with Gasteiger partial charge in [-0.15, -0.1) is 0 Å². The molecule has 1 saturated heterocycles. The molecule has 0 aliphatic carbocycles. The predicted octanol–water partition coefficient (Wildman–Crippen LogP) is 1.92. The van der Waals surface area contributed by atoms with Crippen molar-refractivity contribution in [2.45, 2.75) is 25.7 Å². The number of rotatable bonds is 6. The number of fused-ring (bicyclic) bond motifs is 1. The second-order valence-electron chi connectivity index (χ2n) is 7.69. The molecule has 1 aliphatic heterocycles. The summed E-state index contributed by atoms with van der Waals surface area (Å²) in [6.07, 6.45) is 0.989. The monoisotopic (exact) mass is 426 g/mol. The number of H-pyrrole nitrogens is 1. The van der Waals surface area contributed by atoms with Gasteiger partial charge in [0.25, 0.3) is 5.56 Å². The van der Waals surface area contributed by atoms with Crippen LogP contribution in [0.25, 0.3) is 5.65 Å². The molecule has 31 heavy (non-hydrogen) atoms. The smallest absolute Gasteiger partial charge is 0.272 e. The van der Waals surface area contributed by atoms with E-state index in [2.05, 4.69) is 10.1 Å². The molecule has 1 aliphatic rings. The number of benzene rings is 1. The molecule has 1 N–H and O–H groups in total. The number of methoxy groups -OCH3 is 3. The van der Waals surface area contributed by atoms with Crippen LogP contribution in [0.4, 0.5) is 0 Å². The summed E-state index contributed by atoms with van der Waals surface area (Å²) in [6.45, 7) is 3.04. The molecule has 1 atom stereocenters. The Balaban J connectivity index is 1.50. The average molecular weight is 426 g/mol. The lowest BCUT2D eigenvalue weighted by Gasteiger charge is -2.18. The van der Waals surface area contributed by atoms with E-state index in [1.165, 1.54) is 4.52 Å². The number of amides is 1. The van der Waals surface area contributed by atoms with E-state index < -0.39 is 0 Å². The van der Waals surface area contributed by atoms with Crippen LogP contribution in [0.5, 0.6) is 17.2 Å². The molecule has 1 unspecified atom stereocenters. The number of aromatic nitrogens is 3. The van der Waals surface area contributed by atoms with Crippen molar-refractivity contribution in [3.05, 3.63) is 51.6 Å². The summed E-state index contributed by atoms with van der Waals surface area (Å²) in [5, 5.41) is 2.97. The van der Waals surface area contributed by atoms with Crippen molar-refractivity contribution in [3.63, 3.8) is 0 Å². The summed E-state index contributed by atoms with van der Waals surface area (Å²) in [7, 11) is 4.64. The van der Waals surface area contributed by atoms with E-state index in [0.717, 1.165) is 23.4 Å². The third-order valence-electron chi connectivity index (χ3n) is 5.64. The van der Waals surface area contributed by atoms with Gasteiger partial charge in [-0.25, -0.2) is 9.50 Å². The van der Waals surface area contributed by atoms with Gasteiger partial charge in [-0.1, -0.05) is 0 Å². The van der Waals surface area contributed by atoms with Gasteiger partial charge in [0, 0.05) is 36.8 Å². The fourth-order valence-electron chi connectivity index (χ4n) is 4.09. The molecule has 0 spiro atoms. The van der Waals surface area contributed by atoms with Gasteiger partial charge in [0.05, 0.1) is 33.4 Å². The summed E-state index contributed by atoms with van der Waals surface area (Å²) in [4.78, 5) is 31.8. The molecule has 2 aromatic heterocycles. The lowest BCUT2D eigenvalue weighted by molar-refractivity contribution is -0.129. The minimum atomic E-state index is -0.143. The number of carbonyl (C=O) groups excluding carboxylic acids is 1. The Labute approximate surface area is 179 Å². The molecular formula is C22H26N4O5. The van der Waals surface area contributed by atoms with Crippen LogP contribution in [-0.2, 0) is 11.2 Å². The van der Waals surface area contributed by atoms with Gasteiger partial charge in [-0.3, -0.25) is 14.7 Å². The lowest BCUT2D eigenvalue weighted by Crippen LogP contribution is -2.30. The van der Waals surface area contributed by atoms with Crippen LogP contribution in [0, 0.1) is 6.92 Å². The van der Waals surface area contributed by atoms with E-state index in [1.807, 2.05) is 17.9 Å². The minimum Gasteiger partial charge on any atom is -0.493 e. The van der Waals surface area contributed by atoms with Crippen molar-refractivity contribution in [1.82, 2.24) is 19.5 Å². The van der Waals surface area contributed by atoms with Crippen molar-refractivity contribution in [1.29, 1.82) is 0 Å². The highest BCUT2D eigenvalue weighted by Crippen LogP contribution is 2.38. The van der Waals surface area contributed by atoms with E-state index in [-0.39, 0.29) is 23.8 Å². The highest BCUT2D eigenvalue weighted by Gasteiger charge is 2.29. The highest BCUT2D eigenvalue weighted by molar-refractivity contribution is 5.79. The van der Waals surface area contributed by atoms with Crippen LogP contribution in [0.15, 0.2) is 29.1 Å². The number of aryl methyl sites for hydroxylation is 1. The molecule has 9 nitrogen and oxygen atoms in total. The third kappa shape index (κ3) is 3.95. The van der Waals surface area contributed by atoms with Crippen LogP contribution >= 0.6 is 0 Å². The Morgan fingerprint density at radius 1 is 1.13 bits per heavy atom. The third-order valence-corrected chi connectivity index (χ3v) is 5.64. The van der Waals surface area contributed by atoms with Crippen molar-refractivity contribution in [3.8, 4) is 17.2 Å². The summed E-state index contributed by atoms with van der Waals surface area (Å²) in [6, 6.07) is 6.98. The molecule has 4 rings (SSSR count). The molecule has 3 heterocycles. The Kier molecular flexibility index (Phi) is 5.58. The predicted molar refractivity (Wildman–Crippen MR) is 114 cm³/mol. The number of nitrogens with one attached hydrogen (secondary N) is 1. The second-order valence-corrected chi connectivity index (χ2v) is 7.69. The van der Waals surface area contributed by atoms with Crippen LogP contribution in [0.2, 0.25) is 0 Å². The molecular weight excluding hydrogens is 400 g/mol. The van der Waals surface area contributed by atoms with Crippen LogP contribution in [0.3, 0.4) is 0 Å². The van der Waals surface area contributed by atoms with Crippen LogP contribution in [-0.4, -0.2) is 59.8 Å².